The van der Waals surface area contributed by atoms with Gasteiger partial charge in [0.15, 0.2) is 0 Å². The molecular weight excluding hydrogens is 580 g/mol. The van der Waals surface area contributed by atoms with E-state index in [0.717, 1.165) is 55.2 Å². The minimum Gasteiger partial charge on any atom is -0.367 e. The number of nitrogens with one attached hydrogen (secondary N) is 1. The molecule has 7 heteroatoms. The van der Waals surface area contributed by atoms with Crippen molar-refractivity contribution in [3.8, 4) is 11.1 Å². The molecule has 0 aromatic heterocycles. The Labute approximate surface area is 271 Å². The molecule has 45 heavy (non-hydrogen) atoms. The highest BCUT2D eigenvalue weighted by molar-refractivity contribution is 6.10. The number of para-hydroxylation sites is 2. The summed E-state index contributed by atoms with van der Waals surface area (Å²) in [4.78, 5) is 33.4. The van der Waals surface area contributed by atoms with Crippen LogP contribution in [0.1, 0.15) is 26.3 Å². The second-order valence-electron chi connectivity index (χ2n) is 11.0. The maximum Gasteiger partial charge on any atom is 0.258 e. The van der Waals surface area contributed by atoms with E-state index in [4.69, 9.17) is 0 Å². The van der Waals surface area contributed by atoms with Gasteiger partial charge in [-0.3, -0.25) is 14.5 Å². The molecule has 1 aliphatic heterocycles. The highest BCUT2D eigenvalue weighted by atomic mass is 35.5. The van der Waals surface area contributed by atoms with Gasteiger partial charge in [0.25, 0.3) is 11.8 Å². The van der Waals surface area contributed by atoms with Crippen LogP contribution in [0.3, 0.4) is 0 Å². The van der Waals surface area contributed by atoms with E-state index in [1.165, 1.54) is 5.56 Å². The molecule has 0 saturated carbocycles. The SMILES string of the molecule is CN(C(=O)c1ccc(NC(=O)c2ccccc2-c2ccccc2)cc1)c1ccccc1N1CCN(Cc2ccccc2)CC1.Cl. The molecule has 0 unspecified atom stereocenters. The van der Waals surface area contributed by atoms with Gasteiger partial charge in [-0.2, -0.15) is 0 Å². The molecule has 2 amide bonds. The Bertz CT molecular complexity index is 1720. The lowest BCUT2D eigenvalue weighted by molar-refractivity contribution is 0.0991. The Hall–Kier alpha value is -4.91. The lowest BCUT2D eigenvalue weighted by Gasteiger charge is -2.37. The molecule has 6 rings (SSSR count). The molecule has 1 N–H and O–H groups in total. The third-order valence-corrected chi connectivity index (χ3v) is 8.16. The number of halogens is 1. The van der Waals surface area contributed by atoms with Crippen LogP contribution < -0.4 is 15.1 Å². The molecular formula is C38H37ClN4O2. The zero-order chi connectivity index (χ0) is 30.3. The van der Waals surface area contributed by atoms with E-state index in [9.17, 15) is 9.59 Å². The van der Waals surface area contributed by atoms with E-state index in [2.05, 4.69) is 51.5 Å². The van der Waals surface area contributed by atoms with Gasteiger partial charge in [-0.05, 0) is 59.2 Å². The maximum atomic E-state index is 13.6. The fraction of sp³-hybridized carbons (Fsp3) is 0.158. The van der Waals surface area contributed by atoms with Crippen molar-refractivity contribution in [2.24, 2.45) is 0 Å². The summed E-state index contributed by atoms with van der Waals surface area (Å²) in [5.41, 5.74) is 6.90. The van der Waals surface area contributed by atoms with Crippen LogP contribution in [-0.4, -0.2) is 49.9 Å². The van der Waals surface area contributed by atoms with E-state index in [1.54, 1.807) is 29.2 Å². The number of piperazine rings is 1. The summed E-state index contributed by atoms with van der Waals surface area (Å²) in [7, 11) is 1.82. The van der Waals surface area contributed by atoms with E-state index >= 15 is 0 Å². The number of nitrogens with zero attached hydrogens (tertiary/aromatic N) is 3. The molecule has 5 aromatic carbocycles. The second kappa shape index (κ2) is 14.7. The summed E-state index contributed by atoms with van der Waals surface area (Å²) in [6, 6.07) is 43.2. The number of anilines is 3. The Morgan fingerprint density at radius 1 is 0.689 bits per heavy atom. The first-order valence-corrected chi connectivity index (χ1v) is 15.0. The van der Waals surface area contributed by atoms with E-state index < -0.39 is 0 Å². The minimum absolute atomic E-state index is 0. The third-order valence-electron chi connectivity index (χ3n) is 8.16. The molecule has 6 nitrogen and oxygen atoms in total. The zero-order valence-corrected chi connectivity index (χ0v) is 26.1. The van der Waals surface area contributed by atoms with Crippen LogP contribution in [-0.2, 0) is 6.54 Å². The first kappa shape index (κ1) is 31.5. The first-order chi connectivity index (χ1) is 21.6. The molecule has 0 atom stereocenters. The summed E-state index contributed by atoms with van der Waals surface area (Å²) in [5, 5.41) is 2.99. The van der Waals surface area contributed by atoms with Gasteiger partial charge in [0.2, 0.25) is 0 Å². The summed E-state index contributed by atoms with van der Waals surface area (Å²) in [5.74, 6) is -0.300. The molecule has 1 aliphatic rings. The molecule has 0 radical (unpaired) electrons. The third kappa shape index (κ3) is 7.43. The highest BCUT2D eigenvalue weighted by Gasteiger charge is 2.23. The van der Waals surface area contributed by atoms with Crippen LogP contribution in [0.5, 0.6) is 0 Å². The molecule has 1 heterocycles. The Balaban J connectivity index is 0.00000400. The van der Waals surface area contributed by atoms with Gasteiger partial charge in [-0.25, -0.2) is 0 Å². The van der Waals surface area contributed by atoms with Gasteiger partial charge >= 0.3 is 0 Å². The molecule has 0 spiro atoms. The second-order valence-corrected chi connectivity index (χ2v) is 11.0. The van der Waals surface area contributed by atoms with Gasteiger partial charge in [-0.1, -0.05) is 91.0 Å². The lowest BCUT2D eigenvalue weighted by Crippen LogP contribution is -2.46. The molecule has 0 aliphatic carbocycles. The number of rotatable bonds is 8. The fourth-order valence-corrected chi connectivity index (χ4v) is 5.75. The van der Waals surface area contributed by atoms with Gasteiger partial charge in [0.05, 0.1) is 11.4 Å². The summed E-state index contributed by atoms with van der Waals surface area (Å²) in [6.07, 6.45) is 0. The molecule has 5 aromatic rings. The number of hydrogen-bond donors (Lipinski definition) is 1. The summed E-state index contributed by atoms with van der Waals surface area (Å²) in [6.45, 7) is 4.67. The van der Waals surface area contributed by atoms with E-state index in [-0.39, 0.29) is 24.2 Å². The van der Waals surface area contributed by atoms with Crippen molar-refractivity contribution in [2.75, 3.05) is 48.3 Å². The molecule has 0 bridgehead atoms. The Morgan fingerprint density at radius 2 is 1.29 bits per heavy atom. The Morgan fingerprint density at radius 3 is 2.00 bits per heavy atom. The average molecular weight is 617 g/mol. The van der Waals surface area contributed by atoms with Crippen molar-refractivity contribution < 1.29 is 9.59 Å². The van der Waals surface area contributed by atoms with Crippen molar-refractivity contribution in [3.63, 3.8) is 0 Å². The van der Waals surface area contributed by atoms with Crippen molar-refractivity contribution >= 4 is 41.3 Å². The lowest BCUT2D eigenvalue weighted by atomic mass is 9.99. The average Bonchev–Trinajstić information content (AvgIpc) is 3.09. The molecule has 228 valence electrons. The predicted octanol–water partition coefficient (Wildman–Crippen LogP) is 7.63. The fourth-order valence-electron chi connectivity index (χ4n) is 5.75. The topological polar surface area (TPSA) is 55.9 Å². The van der Waals surface area contributed by atoms with Crippen LogP contribution in [0.4, 0.5) is 17.1 Å². The van der Waals surface area contributed by atoms with Gasteiger partial charge in [-0.15, -0.1) is 12.4 Å². The first-order valence-electron chi connectivity index (χ1n) is 15.0. The van der Waals surface area contributed by atoms with Gasteiger partial charge in [0.1, 0.15) is 0 Å². The van der Waals surface area contributed by atoms with Crippen LogP contribution in [0.15, 0.2) is 133 Å². The zero-order valence-electron chi connectivity index (χ0n) is 25.3. The quantitative estimate of drug-likeness (QED) is 0.195. The highest BCUT2D eigenvalue weighted by Crippen LogP contribution is 2.31. The van der Waals surface area contributed by atoms with E-state index in [0.29, 0.717) is 16.8 Å². The van der Waals surface area contributed by atoms with Crippen LogP contribution >= 0.6 is 12.4 Å². The Kier molecular flexibility index (Phi) is 10.3. The maximum absolute atomic E-state index is 13.6. The minimum atomic E-state index is -0.196. The van der Waals surface area contributed by atoms with Crippen molar-refractivity contribution in [1.82, 2.24) is 4.90 Å². The largest absolute Gasteiger partial charge is 0.367 e. The predicted molar refractivity (Wildman–Crippen MR) is 187 cm³/mol. The normalized spacial score (nSPS) is 13.0. The van der Waals surface area contributed by atoms with Gasteiger partial charge < -0.3 is 15.1 Å². The summed E-state index contributed by atoms with van der Waals surface area (Å²) < 4.78 is 0. The molecule has 1 fully saturated rings. The smallest absolute Gasteiger partial charge is 0.258 e. The van der Waals surface area contributed by atoms with Crippen LogP contribution in [0.25, 0.3) is 11.1 Å². The van der Waals surface area contributed by atoms with E-state index in [1.807, 2.05) is 79.8 Å². The van der Waals surface area contributed by atoms with Crippen molar-refractivity contribution in [1.29, 1.82) is 0 Å². The molecule has 1 saturated heterocycles. The number of amides is 2. The standard InChI is InChI=1S/C38H36N4O2.ClH/c1-40(35-18-10-11-19-36(35)42-26-24-41(25-27-42)28-29-12-4-2-5-13-29)38(44)31-20-22-32(23-21-31)39-37(43)34-17-9-8-16-33(34)30-14-6-3-7-15-30;/h2-23H,24-28H2,1H3,(H,39,43);1H. The van der Waals surface area contributed by atoms with Crippen LogP contribution in [0.2, 0.25) is 0 Å². The van der Waals surface area contributed by atoms with Gasteiger partial charge in [0, 0.05) is 56.6 Å². The number of hydrogen-bond acceptors (Lipinski definition) is 4. The summed E-state index contributed by atoms with van der Waals surface area (Å²) >= 11 is 0. The van der Waals surface area contributed by atoms with Crippen molar-refractivity contribution in [2.45, 2.75) is 6.54 Å². The number of carbonyl (C=O) groups is 2. The number of carbonyl (C=O) groups excluding carboxylic acids is 2. The monoisotopic (exact) mass is 616 g/mol. The number of benzene rings is 5. The van der Waals surface area contributed by atoms with Crippen LogP contribution in [0, 0.1) is 0 Å². The van der Waals surface area contributed by atoms with Crippen molar-refractivity contribution in [3.05, 3.63) is 150 Å².